The lowest BCUT2D eigenvalue weighted by Crippen LogP contribution is -2.54. The molecule has 4 aromatic rings. The smallest absolute Gasteiger partial charge is 0.350 e. The Labute approximate surface area is 251 Å². The Morgan fingerprint density at radius 1 is 1.19 bits per heavy atom. The molecule has 0 aliphatic carbocycles. The third-order valence-corrected chi connectivity index (χ3v) is 7.93. The zero-order valence-corrected chi connectivity index (χ0v) is 24.8. The van der Waals surface area contributed by atoms with Gasteiger partial charge in [0.05, 0.1) is 33.7 Å². The lowest BCUT2D eigenvalue weighted by Gasteiger charge is -2.40. The molecule has 1 aliphatic rings. The third kappa shape index (κ3) is 5.18. The zero-order chi connectivity index (χ0) is 31.2. The minimum Gasteiger partial charge on any atom is -0.350 e. The van der Waals surface area contributed by atoms with Gasteiger partial charge in [-0.3, -0.25) is 14.6 Å². The maximum atomic E-state index is 15.2. The average Bonchev–Trinajstić information content (AvgIpc) is 2.98. The van der Waals surface area contributed by atoms with Crippen molar-refractivity contribution in [2.24, 2.45) is 0 Å². The summed E-state index contributed by atoms with van der Waals surface area (Å²) in [6.07, 6.45) is 2.84. The lowest BCUT2D eigenvalue weighted by atomic mass is 10.0. The molecule has 9 nitrogen and oxygen atoms in total. The molecule has 0 spiro atoms. The number of piperazine rings is 1. The number of anilines is 1. The van der Waals surface area contributed by atoms with Crippen LogP contribution in [0.3, 0.4) is 0 Å². The SMILES string of the molecule is C=CC(=O)N1CCN(c2nc(=O)n(-c3c(C(C)C)ncc(F)c3C)c3nc(-c4c(F)cccc4C=O)c(Cl)cc23)[C@@H](C)C1. The first-order chi connectivity index (χ1) is 20.5. The zero-order valence-electron chi connectivity index (χ0n) is 24.1. The van der Waals surface area contributed by atoms with Crippen molar-refractivity contribution in [1.29, 1.82) is 0 Å². The fourth-order valence-electron chi connectivity index (χ4n) is 5.49. The van der Waals surface area contributed by atoms with E-state index in [1.54, 1.807) is 4.90 Å². The number of carbonyl (C=O) groups is 2. The highest BCUT2D eigenvalue weighted by atomic mass is 35.5. The predicted octanol–water partition coefficient (Wildman–Crippen LogP) is 5.24. The molecular formula is C31H29ClF2N6O3. The van der Waals surface area contributed by atoms with E-state index in [2.05, 4.69) is 16.5 Å². The highest BCUT2D eigenvalue weighted by molar-refractivity contribution is 6.34. The Morgan fingerprint density at radius 3 is 2.58 bits per heavy atom. The Morgan fingerprint density at radius 2 is 1.93 bits per heavy atom. The first-order valence-corrected chi connectivity index (χ1v) is 14.1. The molecule has 1 amide bonds. The van der Waals surface area contributed by atoms with Gasteiger partial charge in [0.15, 0.2) is 11.9 Å². The van der Waals surface area contributed by atoms with Crippen LogP contribution in [0.1, 0.15) is 48.3 Å². The van der Waals surface area contributed by atoms with Gasteiger partial charge in [-0.05, 0) is 38.0 Å². The molecule has 1 atom stereocenters. The van der Waals surface area contributed by atoms with Crippen molar-refractivity contribution in [2.45, 2.75) is 39.7 Å². The second kappa shape index (κ2) is 11.6. The summed E-state index contributed by atoms with van der Waals surface area (Å²) in [4.78, 5) is 55.1. The van der Waals surface area contributed by atoms with Gasteiger partial charge in [-0.25, -0.2) is 23.1 Å². The van der Waals surface area contributed by atoms with E-state index in [0.717, 1.165) is 6.20 Å². The van der Waals surface area contributed by atoms with Gasteiger partial charge in [0.2, 0.25) is 5.91 Å². The van der Waals surface area contributed by atoms with Gasteiger partial charge >= 0.3 is 5.69 Å². The van der Waals surface area contributed by atoms with Crippen molar-refractivity contribution >= 4 is 40.6 Å². The molecule has 1 aromatic carbocycles. The molecule has 1 aliphatic heterocycles. The Kier molecular flexibility index (Phi) is 8.11. The summed E-state index contributed by atoms with van der Waals surface area (Å²) in [7, 11) is 0. The van der Waals surface area contributed by atoms with Gasteiger partial charge in [-0.1, -0.05) is 44.2 Å². The van der Waals surface area contributed by atoms with Gasteiger partial charge < -0.3 is 9.80 Å². The molecule has 0 unspecified atom stereocenters. The molecule has 1 saturated heterocycles. The maximum absolute atomic E-state index is 15.2. The molecule has 12 heteroatoms. The van der Waals surface area contributed by atoms with Crippen molar-refractivity contribution in [3.05, 3.63) is 87.1 Å². The first kappa shape index (κ1) is 30.0. The van der Waals surface area contributed by atoms with E-state index in [1.165, 1.54) is 41.8 Å². The van der Waals surface area contributed by atoms with Crippen molar-refractivity contribution in [2.75, 3.05) is 24.5 Å². The summed E-state index contributed by atoms with van der Waals surface area (Å²) in [5.41, 5.74) is -0.167. The summed E-state index contributed by atoms with van der Waals surface area (Å²) in [6, 6.07) is 5.26. The van der Waals surface area contributed by atoms with Crippen LogP contribution in [0.4, 0.5) is 14.6 Å². The lowest BCUT2D eigenvalue weighted by molar-refractivity contribution is -0.126. The highest BCUT2D eigenvalue weighted by Crippen LogP contribution is 2.37. The molecule has 4 heterocycles. The van der Waals surface area contributed by atoms with Gasteiger partial charge in [0.1, 0.15) is 17.5 Å². The average molecular weight is 607 g/mol. The predicted molar refractivity (Wildman–Crippen MR) is 161 cm³/mol. The molecule has 43 heavy (non-hydrogen) atoms. The fourth-order valence-corrected chi connectivity index (χ4v) is 5.73. The van der Waals surface area contributed by atoms with Crippen LogP contribution in [0.5, 0.6) is 0 Å². The topological polar surface area (TPSA) is 101 Å². The number of halogens is 3. The molecule has 0 N–H and O–H groups in total. The van der Waals surface area contributed by atoms with Crippen LogP contribution in [-0.4, -0.2) is 62.3 Å². The first-order valence-electron chi connectivity index (χ1n) is 13.7. The van der Waals surface area contributed by atoms with Crippen molar-refractivity contribution in [3.8, 4) is 16.9 Å². The van der Waals surface area contributed by atoms with Crippen LogP contribution in [0.25, 0.3) is 28.0 Å². The monoisotopic (exact) mass is 606 g/mol. The number of rotatable bonds is 6. The largest absolute Gasteiger partial charge is 0.355 e. The van der Waals surface area contributed by atoms with E-state index in [9.17, 15) is 18.8 Å². The second-order valence-corrected chi connectivity index (χ2v) is 11.1. The number of hydrogen-bond acceptors (Lipinski definition) is 7. The van der Waals surface area contributed by atoms with E-state index in [0.29, 0.717) is 37.0 Å². The number of benzene rings is 1. The van der Waals surface area contributed by atoms with E-state index >= 15 is 4.39 Å². The third-order valence-electron chi connectivity index (χ3n) is 7.64. The summed E-state index contributed by atoms with van der Waals surface area (Å²) in [5, 5.41) is 0.353. The number of pyridine rings is 2. The second-order valence-electron chi connectivity index (χ2n) is 10.7. The normalized spacial score (nSPS) is 15.3. The number of aldehydes is 1. The number of carbonyl (C=O) groups excluding carboxylic acids is 2. The van der Waals surface area contributed by atoms with E-state index in [-0.39, 0.29) is 62.4 Å². The van der Waals surface area contributed by atoms with Crippen LogP contribution in [0.2, 0.25) is 5.02 Å². The van der Waals surface area contributed by atoms with Gasteiger partial charge in [0.25, 0.3) is 0 Å². The summed E-state index contributed by atoms with van der Waals surface area (Å²) >= 11 is 6.73. The molecule has 1 fully saturated rings. The summed E-state index contributed by atoms with van der Waals surface area (Å²) in [5.74, 6) is -1.53. The maximum Gasteiger partial charge on any atom is 0.355 e. The minimum atomic E-state index is -0.762. The molecule has 3 aromatic heterocycles. The molecular weight excluding hydrogens is 578 g/mol. The van der Waals surface area contributed by atoms with E-state index < -0.39 is 17.3 Å². The number of nitrogens with zero attached hydrogens (tertiary/aromatic N) is 6. The molecule has 5 rings (SSSR count). The minimum absolute atomic E-state index is 0.0139. The number of fused-ring (bicyclic) bond motifs is 1. The molecule has 0 radical (unpaired) electrons. The van der Waals surface area contributed by atoms with Gasteiger partial charge in [0, 0.05) is 42.4 Å². The number of hydrogen-bond donors (Lipinski definition) is 0. The summed E-state index contributed by atoms with van der Waals surface area (Å²) < 4.78 is 31.3. The standard InChI is InChI=1S/C31H29ClF2N6O3/c1-6-24(42)38-10-11-39(17(4)14-38)29-20-12-21(32)27(25-19(15-41)8-7-9-22(25)33)36-30(20)40(31(43)37-29)28-18(5)23(34)13-35-26(28)16(2)3/h6-9,12-13,15-17H,1,10-11,14H2,2-5H3/t17-/m0/s1. The van der Waals surface area contributed by atoms with Crippen LogP contribution in [0, 0.1) is 18.6 Å². The Hall–Kier alpha value is -4.51. The van der Waals surface area contributed by atoms with E-state index in [1.807, 2.05) is 25.7 Å². The van der Waals surface area contributed by atoms with Gasteiger partial charge in [-0.2, -0.15) is 4.98 Å². The molecule has 222 valence electrons. The van der Waals surface area contributed by atoms with Crippen molar-refractivity contribution in [1.82, 2.24) is 24.4 Å². The Bertz CT molecular complexity index is 1860. The fraction of sp³-hybridized carbons (Fsp3) is 0.290. The summed E-state index contributed by atoms with van der Waals surface area (Å²) in [6.45, 7) is 11.7. The molecule has 0 saturated carbocycles. The molecule has 0 bridgehead atoms. The van der Waals surface area contributed by atoms with Crippen molar-refractivity contribution in [3.63, 3.8) is 0 Å². The van der Waals surface area contributed by atoms with Crippen molar-refractivity contribution < 1.29 is 18.4 Å². The van der Waals surface area contributed by atoms with Crippen LogP contribution < -0.4 is 10.6 Å². The van der Waals surface area contributed by atoms with Crippen LogP contribution in [-0.2, 0) is 4.79 Å². The number of aromatic nitrogens is 4. The quantitative estimate of drug-likeness (QED) is 0.218. The number of amides is 1. The van der Waals surface area contributed by atoms with Crippen LogP contribution >= 0.6 is 11.6 Å². The Balaban J connectivity index is 1.87. The van der Waals surface area contributed by atoms with Gasteiger partial charge in [-0.15, -0.1) is 0 Å². The van der Waals surface area contributed by atoms with E-state index in [4.69, 9.17) is 16.6 Å². The highest BCUT2D eigenvalue weighted by Gasteiger charge is 2.31. The van der Waals surface area contributed by atoms with Crippen LogP contribution in [0.15, 0.2) is 47.9 Å².